The predicted octanol–water partition coefficient (Wildman–Crippen LogP) is -11.1. The Balaban J connectivity index is 6.49. The minimum Gasteiger partial charge on any atom is -0.395 e. The van der Waals surface area contributed by atoms with Gasteiger partial charge in [0.15, 0.2) is 0 Å². The number of aliphatic hydroxyl groups excluding tert-OH is 9. The molecule has 0 atom stereocenters. The molecular formula is C56H134N20O9. The van der Waals surface area contributed by atoms with Gasteiger partial charge in [0.1, 0.15) is 0 Å². The summed E-state index contributed by atoms with van der Waals surface area (Å²) in [5.74, 6) is 0. The van der Waals surface area contributed by atoms with Crippen molar-refractivity contribution in [2.45, 2.75) is 0 Å². The molecule has 29 nitrogen and oxygen atoms in total. The van der Waals surface area contributed by atoms with E-state index in [4.69, 9.17) is 16.6 Å². The highest BCUT2D eigenvalue weighted by atomic mass is 16.3. The maximum Gasteiger partial charge on any atom is 0.0558 e. The summed E-state index contributed by atoms with van der Waals surface area (Å²) in [6, 6.07) is 0. The summed E-state index contributed by atoms with van der Waals surface area (Å²) >= 11 is 0. The molecule has 0 aliphatic heterocycles. The van der Waals surface area contributed by atoms with E-state index in [1.54, 1.807) is 0 Å². The second-order valence-corrected chi connectivity index (χ2v) is 21.4. The number of hydrogen-bond donors (Lipinski definition) is 20. The van der Waals surface area contributed by atoms with Crippen molar-refractivity contribution >= 4 is 0 Å². The molecule has 0 unspecified atom stereocenters. The summed E-state index contributed by atoms with van der Waals surface area (Å²) in [6.45, 7) is 36.1. The Morgan fingerprint density at radius 1 is 0.153 bits per heavy atom. The molecule has 0 radical (unpaired) electrons. The Labute approximate surface area is 514 Å². The molecule has 0 saturated heterocycles. The first-order valence-corrected chi connectivity index (χ1v) is 32.6. The third kappa shape index (κ3) is 55.4. The van der Waals surface area contributed by atoms with Crippen molar-refractivity contribution in [1.29, 1.82) is 0 Å². The Hall–Kier alpha value is -1.16. The van der Waals surface area contributed by atoms with E-state index in [0.717, 1.165) is 223 Å². The van der Waals surface area contributed by atoms with Gasteiger partial charge in [0.2, 0.25) is 0 Å². The molecule has 0 aromatic carbocycles. The predicted molar refractivity (Wildman–Crippen MR) is 346 cm³/mol. The van der Waals surface area contributed by atoms with Gasteiger partial charge in [-0.2, -0.15) is 0 Å². The van der Waals surface area contributed by atoms with Crippen LogP contribution >= 0.6 is 0 Å². The van der Waals surface area contributed by atoms with Crippen LogP contribution in [0.3, 0.4) is 0 Å². The van der Waals surface area contributed by atoms with Crippen LogP contribution in [0.25, 0.3) is 0 Å². The SMILES string of the molecule is NCCN(CCNCCO)CCN(CCN)CCN(CCN(CCO)CCN(CCO)CCNCCO)CCN(CCNCCN(CCNCCNCCNCCO)CCN(CCNCCO)CCNCCO)CCN(CCO)CCNCCO. The number of nitrogens with zero attached hydrogens (tertiary/aromatic N) is 9. The Morgan fingerprint density at radius 3 is 0.518 bits per heavy atom. The smallest absolute Gasteiger partial charge is 0.0558 e. The lowest BCUT2D eigenvalue weighted by atomic mass is 10.3. The summed E-state index contributed by atoms with van der Waals surface area (Å²) in [6.07, 6.45) is 0. The molecule has 0 fully saturated rings. The van der Waals surface area contributed by atoms with Gasteiger partial charge >= 0.3 is 0 Å². The number of aliphatic hydroxyl groups is 9. The lowest BCUT2D eigenvalue weighted by molar-refractivity contribution is 0.121. The van der Waals surface area contributed by atoms with Gasteiger partial charge in [-0.1, -0.05) is 0 Å². The highest BCUT2D eigenvalue weighted by Crippen LogP contribution is 2.02. The van der Waals surface area contributed by atoms with E-state index in [2.05, 4.69) is 92.0 Å². The van der Waals surface area contributed by atoms with Crippen LogP contribution in [0.15, 0.2) is 0 Å². The molecule has 0 aliphatic rings. The normalized spacial score (nSPS) is 12.4. The van der Waals surface area contributed by atoms with E-state index < -0.39 is 0 Å². The topological polar surface area (TPSA) is 372 Å². The van der Waals surface area contributed by atoms with Crippen LogP contribution in [0.2, 0.25) is 0 Å². The zero-order chi connectivity index (χ0) is 62.2. The summed E-state index contributed by atoms with van der Waals surface area (Å²) in [5.41, 5.74) is 12.3. The van der Waals surface area contributed by atoms with E-state index in [1.807, 2.05) is 0 Å². The van der Waals surface area contributed by atoms with Crippen LogP contribution in [-0.4, -0.2) is 457 Å². The second-order valence-electron chi connectivity index (χ2n) is 21.4. The van der Waals surface area contributed by atoms with Crippen LogP contribution in [0.4, 0.5) is 0 Å². The molecule has 0 bridgehead atoms. The van der Waals surface area contributed by atoms with Crippen LogP contribution in [0.1, 0.15) is 0 Å². The number of rotatable bonds is 73. The quantitative estimate of drug-likeness (QED) is 0.0252. The molecule has 0 rings (SSSR count). The summed E-state index contributed by atoms with van der Waals surface area (Å²) < 4.78 is 0. The second kappa shape index (κ2) is 67.2. The molecule has 0 heterocycles. The molecule has 512 valence electrons. The van der Waals surface area contributed by atoms with E-state index in [1.165, 1.54) is 0 Å². The number of nitrogens with two attached hydrogens (primary N) is 2. The molecule has 29 heteroatoms. The van der Waals surface area contributed by atoms with Gasteiger partial charge in [-0.05, 0) is 0 Å². The highest BCUT2D eigenvalue weighted by Gasteiger charge is 2.18. The molecule has 0 aromatic rings. The molecule has 0 spiro atoms. The van der Waals surface area contributed by atoms with Crippen LogP contribution in [-0.2, 0) is 0 Å². The highest BCUT2D eigenvalue weighted by molar-refractivity contribution is 4.76. The van der Waals surface area contributed by atoms with Gasteiger partial charge in [-0.25, -0.2) is 0 Å². The van der Waals surface area contributed by atoms with Gasteiger partial charge in [-0.3, -0.25) is 44.1 Å². The molecule has 0 saturated carbocycles. The van der Waals surface area contributed by atoms with Crippen molar-refractivity contribution < 1.29 is 46.0 Å². The van der Waals surface area contributed by atoms with E-state index >= 15 is 0 Å². The van der Waals surface area contributed by atoms with Crippen molar-refractivity contribution in [2.24, 2.45) is 11.5 Å². The van der Waals surface area contributed by atoms with Crippen molar-refractivity contribution in [2.75, 3.05) is 367 Å². The zero-order valence-corrected chi connectivity index (χ0v) is 53.3. The van der Waals surface area contributed by atoms with Crippen LogP contribution in [0.5, 0.6) is 0 Å². The number of nitrogens with one attached hydrogen (secondary N) is 9. The fourth-order valence-electron chi connectivity index (χ4n) is 9.64. The first kappa shape index (κ1) is 83.8. The van der Waals surface area contributed by atoms with Crippen molar-refractivity contribution in [1.82, 2.24) is 92.0 Å². The average Bonchev–Trinajstić information content (AvgIpc) is 3.50. The summed E-state index contributed by atoms with van der Waals surface area (Å²) in [7, 11) is 0. The lowest BCUT2D eigenvalue weighted by Gasteiger charge is -2.34. The van der Waals surface area contributed by atoms with E-state index in [9.17, 15) is 40.9 Å². The molecular weight excluding hydrogens is 1100 g/mol. The standard InChI is InChI=1S/C56H134N20O9/c57-1-21-68(23-10-63-16-49-78)31-32-69(22-2-58)33-40-75(42-44-76(47-56-85)43-39-74(46-55-84)30-14-67-20-53-82)41-37-72(36-38-73(45-54-83)29-13-66-19-52-81)28-9-62-8-25-70(24-7-60-5-3-59-4-6-61-15-48-77)34-35-71(26-11-64-17-50-79)27-12-65-18-51-80/h59-67,77-85H,1-58H2. The molecule has 22 N–H and O–H groups in total. The van der Waals surface area contributed by atoms with Gasteiger partial charge in [0.25, 0.3) is 0 Å². The minimum atomic E-state index is 0.0440. The van der Waals surface area contributed by atoms with Gasteiger partial charge in [0.05, 0.1) is 59.5 Å². The number of hydrogen-bond acceptors (Lipinski definition) is 29. The summed E-state index contributed by atoms with van der Waals surface area (Å²) in [4.78, 5) is 21.7. The average molecular weight is 1230 g/mol. The molecule has 0 amide bonds. The zero-order valence-electron chi connectivity index (χ0n) is 53.3. The fraction of sp³-hybridized carbons (Fsp3) is 1.00. The maximum absolute atomic E-state index is 10.2. The maximum atomic E-state index is 10.2. The molecule has 0 aromatic heterocycles. The van der Waals surface area contributed by atoms with Crippen LogP contribution < -0.4 is 59.3 Å². The largest absolute Gasteiger partial charge is 0.395 e. The molecule has 85 heavy (non-hydrogen) atoms. The first-order valence-electron chi connectivity index (χ1n) is 32.6. The van der Waals surface area contributed by atoms with Crippen molar-refractivity contribution in [3.05, 3.63) is 0 Å². The summed E-state index contributed by atoms with van der Waals surface area (Å²) in [5, 5.41) is 116. The fourth-order valence-corrected chi connectivity index (χ4v) is 9.64. The van der Waals surface area contributed by atoms with Gasteiger partial charge in [-0.15, -0.1) is 0 Å². The Bertz CT molecular complexity index is 1250. The minimum absolute atomic E-state index is 0.0440. The third-order valence-electron chi connectivity index (χ3n) is 14.8. The van der Waals surface area contributed by atoms with Crippen molar-refractivity contribution in [3.63, 3.8) is 0 Å². The first-order chi connectivity index (χ1) is 41.8. The monoisotopic (exact) mass is 1230 g/mol. The Morgan fingerprint density at radius 2 is 0.294 bits per heavy atom. The van der Waals surface area contributed by atoms with Gasteiger partial charge < -0.3 is 105 Å². The van der Waals surface area contributed by atoms with E-state index in [-0.39, 0.29) is 59.5 Å². The third-order valence-corrected chi connectivity index (χ3v) is 14.8. The van der Waals surface area contributed by atoms with E-state index in [0.29, 0.717) is 85.1 Å². The van der Waals surface area contributed by atoms with Gasteiger partial charge in [0, 0.05) is 308 Å². The lowest BCUT2D eigenvalue weighted by Crippen LogP contribution is -2.48. The van der Waals surface area contributed by atoms with Crippen molar-refractivity contribution in [3.8, 4) is 0 Å². The van der Waals surface area contributed by atoms with Crippen LogP contribution in [0, 0.1) is 0 Å². The molecule has 0 aliphatic carbocycles. The Kier molecular flexibility index (Phi) is 66.3.